The van der Waals surface area contributed by atoms with Gasteiger partial charge in [-0.15, -0.1) is 10.2 Å². The summed E-state index contributed by atoms with van der Waals surface area (Å²) >= 11 is 0. The highest BCUT2D eigenvalue weighted by atomic mass is 16.4. The molecule has 0 aliphatic rings. The first kappa shape index (κ1) is 17.0. The van der Waals surface area contributed by atoms with Crippen LogP contribution in [0.4, 0.5) is 0 Å². The van der Waals surface area contributed by atoms with Gasteiger partial charge in [0.15, 0.2) is 0 Å². The van der Waals surface area contributed by atoms with Crippen molar-refractivity contribution in [3.05, 3.63) is 90.5 Å². The van der Waals surface area contributed by atoms with Crippen molar-refractivity contribution in [2.75, 3.05) is 0 Å². The van der Waals surface area contributed by atoms with Gasteiger partial charge in [0, 0.05) is 11.1 Å². The van der Waals surface area contributed by atoms with Gasteiger partial charge in [0.05, 0.1) is 0 Å². The topological polar surface area (TPSA) is 38.9 Å². The van der Waals surface area contributed by atoms with Crippen molar-refractivity contribution in [1.29, 1.82) is 0 Å². The van der Waals surface area contributed by atoms with Crippen LogP contribution in [0.25, 0.3) is 39.6 Å². The highest BCUT2D eigenvalue weighted by molar-refractivity contribution is 5.68. The Labute approximate surface area is 159 Å². The Morgan fingerprint density at radius 3 is 1.70 bits per heavy atom. The van der Waals surface area contributed by atoms with E-state index in [9.17, 15) is 0 Å². The Hall–Kier alpha value is -3.46. The molecule has 0 N–H and O–H groups in total. The van der Waals surface area contributed by atoms with Gasteiger partial charge in [-0.1, -0.05) is 60.7 Å². The standard InChI is InChI=1S/C24H20N2O/c1-3-17(2)18-9-13-21(14-10-18)23-25-26-24(27-23)22-15-11-20(12-16-22)19-7-5-4-6-8-19/h3-16H,1-2H3/b17-3-. The maximum atomic E-state index is 5.89. The molecule has 0 saturated heterocycles. The summed E-state index contributed by atoms with van der Waals surface area (Å²) < 4.78 is 5.89. The molecule has 0 aliphatic heterocycles. The fourth-order valence-corrected chi connectivity index (χ4v) is 2.93. The summed E-state index contributed by atoms with van der Waals surface area (Å²) in [6, 6.07) is 26.6. The van der Waals surface area contributed by atoms with E-state index in [0.29, 0.717) is 11.8 Å². The second-order valence-electron chi connectivity index (χ2n) is 6.40. The van der Waals surface area contributed by atoms with E-state index in [4.69, 9.17) is 4.42 Å². The molecule has 132 valence electrons. The van der Waals surface area contributed by atoms with Gasteiger partial charge in [-0.25, -0.2) is 0 Å². The summed E-state index contributed by atoms with van der Waals surface area (Å²) in [5.74, 6) is 1.06. The third-order valence-corrected chi connectivity index (χ3v) is 4.68. The van der Waals surface area contributed by atoms with Gasteiger partial charge in [0.25, 0.3) is 0 Å². The first-order valence-electron chi connectivity index (χ1n) is 8.97. The second-order valence-corrected chi connectivity index (χ2v) is 6.40. The van der Waals surface area contributed by atoms with E-state index in [0.717, 1.165) is 16.7 Å². The first-order valence-corrected chi connectivity index (χ1v) is 8.97. The minimum atomic E-state index is 0.526. The molecule has 3 nitrogen and oxygen atoms in total. The predicted octanol–water partition coefficient (Wildman–Crippen LogP) is 6.49. The van der Waals surface area contributed by atoms with Crippen molar-refractivity contribution in [3.63, 3.8) is 0 Å². The molecule has 4 rings (SSSR count). The Bertz CT molecular complexity index is 1060. The molecule has 4 aromatic rings. The molecule has 1 heterocycles. The van der Waals surface area contributed by atoms with Crippen LogP contribution in [0.2, 0.25) is 0 Å². The molecule has 1 aromatic heterocycles. The lowest BCUT2D eigenvalue weighted by molar-refractivity contribution is 0.584. The molecule has 0 bridgehead atoms. The fourth-order valence-electron chi connectivity index (χ4n) is 2.93. The van der Waals surface area contributed by atoms with Crippen LogP contribution in [0.5, 0.6) is 0 Å². The number of hydrogen-bond donors (Lipinski definition) is 0. The van der Waals surface area contributed by atoms with Crippen LogP contribution in [-0.2, 0) is 0 Å². The van der Waals surface area contributed by atoms with E-state index < -0.39 is 0 Å². The molecule has 0 spiro atoms. The molecule has 3 aromatic carbocycles. The molecule has 27 heavy (non-hydrogen) atoms. The van der Waals surface area contributed by atoms with Crippen LogP contribution < -0.4 is 0 Å². The van der Waals surface area contributed by atoms with Crippen LogP contribution in [0, 0.1) is 0 Å². The van der Waals surface area contributed by atoms with Crippen LogP contribution in [0.1, 0.15) is 19.4 Å². The SMILES string of the molecule is C/C=C(/C)c1ccc(-c2nnc(-c3ccc(-c4ccccc4)cc3)o2)cc1. The Morgan fingerprint density at radius 2 is 1.15 bits per heavy atom. The lowest BCUT2D eigenvalue weighted by Gasteiger charge is -2.02. The molecule has 0 aliphatic carbocycles. The fraction of sp³-hybridized carbons (Fsp3) is 0.0833. The lowest BCUT2D eigenvalue weighted by Crippen LogP contribution is -1.81. The summed E-state index contributed by atoms with van der Waals surface area (Å²) in [5.41, 5.74) is 6.61. The molecule has 0 atom stereocenters. The van der Waals surface area contributed by atoms with Crippen LogP contribution in [-0.4, -0.2) is 10.2 Å². The van der Waals surface area contributed by atoms with Crippen molar-refractivity contribution in [1.82, 2.24) is 10.2 Å². The number of benzene rings is 3. The average molecular weight is 352 g/mol. The zero-order valence-electron chi connectivity index (χ0n) is 15.4. The van der Waals surface area contributed by atoms with Crippen molar-refractivity contribution < 1.29 is 4.42 Å². The molecule has 0 unspecified atom stereocenters. The zero-order valence-corrected chi connectivity index (χ0v) is 15.4. The van der Waals surface area contributed by atoms with Gasteiger partial charge in [0.1, 0.15) is 0 Å². The van der Waals surface area contributed by atoms with Crippen molar-refractivity contribution in [2.45, 2.75) is 13.8 Å². The van der Waals surface area contributed by atoms with E-state index in [2.05, 4.69) is 59.6 Å². The van der Waals surface area contributed by atoms with Gasteiger partial charge < -0.3 is 4.42 Å². The Balaban J connectivity index is 1.57. The van der Waals surface area contributed by atoms with E-state index >= 15 is 0 Å². The van der Waals surface area contributed by atoms with Gasteiger partial charge >= 0.3 is 0 Å². The quantitative estimate of drug-likeness (QED) is 0.421. The van der Waals surface area contributed by atoms with E-state index in [1.165, 1.54) is 16.7 Å². The second kappa shape index (κ2) is 7.42. The highest BCUT2D eigenvalue weighted by Crippen LogP contribution is 2.27. The lowest BCUT2D eigenvalue weighted by atomic mass is 10.0. The number of allylic oxidation sites excluding steroid dienone is 2. The van der Waals surface area contributed by atoms with Gasteiger partial charge in [0.2, 0.25) is 11.8 Å². The maximum absolute atomic E-state index is 5.89. The normalized spacial score (nSPS) is 11.6. The number of aromatic nitrogens is 2. The average Bonchev–Trinajstić information content (AvgIpc) is 3.24. The summed E-state index contributed by atoms with van der Waals surface area (Å²) in [6.07, 6.45) is 2.10. The summed E-state index contributed by atoms with van der Waals surface area (Å²) in [6.45, 7) is 4.13. The van der Waals surface area contributed by atoms with Crippen LogP contribution >= 0.6 is 0 Å². The molecule has 0 fully saturated rings. The Morgan fingerprint density at radius 1 is 0.667 bits per heavy atom. The number of rotatable bonds is 4. The van der Waals surface area contributed by atoms with Crippen LogP contribution in [0.3, 0.4) is 0 Å². The highest BCUT2D eigenvalue weighted by Gasteiger charge is 2.11. The molecule has 3 heteroatoms. The minimum absolute atomic E-state index is 0.526. The number of hydrogen-bond acceptors (Lipinski definition) is 3. The number of nitrogens with zero attached hydrogens (tertiary/aromatic N) is 2. The van der Waals surface area contributed by atoms with Crippen LogP contribution in [0.15, 0.2) is 89.4 Å². The minimum Gasteiger partial charge on any atom is -0.416 e. The summed E-state index contributed by atoms with van der Waals surface area (Å²) in [4.78, 5) is 0. The summed E-state index contributed by atoms with van der Waals surface area (Å²) in [5, 5.41) is 8.42. The predicted molar refractivity (Wildman–Crippen MR) is 110 cm³/mol. The molecule has 0 amide bonds. The molecule has 0 saturated carbocycles. The van der Waals surface area contributed by atoms with Crippen molar-refractivity contribution in [2.24, 2.45) is 0 Å². The monoisotopic (exact) mass is 352 g/mol. The van der Waals surface area contributed by atoms with Crippen molar-refractivity contribution >= 4 is 5.57 Å². The van der Waals surface area contributed by atoms with Gasteiger partial charge in [-0.3, -0.25) is 0 Å². The van der Waals surface area contributed by atoms with Gasteiger partial charge in [-0.05, 0) is 60.4 Å². The molecular formula is C24H20N2O. The maximum Gasteiger partial charge on any atom is 0.248 e. The summed E-state index contributed by atoms with van der Waals surface area (Å²) in [7, 11) is 0. The Kier molecular flexibility index (Phi) is 4.67. The van der Waals surface area contributed by atoms with Gasteiger partial charge in [-0.2, -0.15) is 0 Å². The van der Waals surface area contributed by atoms with E-state index in [1.807, 2.05) is 49.4 Å². The first-order chi connectivity index (χ1) is 13.2. The third-order valence-electron chi connectivity index (χ3n) is 4.68. The van der Waals surface area contributed by atoms with Crippen molar-refractivity contribution in [3.8, 4) is 34.0 Å². The van der Waals surface area contributed by atoms with E-state index in [-0.39, 0.29) is 0 Å². The molecule has 0 radical (unpaired) electrons. The smallest absolute Gasteiger partial charge is 0.248 e. The molecular weight excluding hydrogens is 332 g/mol. The largest absolute Gasteiger partial charge is 0.416 e. The zero-order chi connectivity index (χ0) is 18.6. The van der Waals surface area contributed by atoms with E-state index in [1.54, 1.807) is 0 Å². The third kappa shape index (κ3) is 3.58.